The molecular formula is C15H16ClFN2O. The Morgan fingerprint density at radius 1 is 1.40 bits per heavy atom. The molecule has 1 aliphatic carbocycles. The Kier molecular flexibility index (Phi) is 4.29. The molecule has 20 heavy (non-hydrogen) atoms. The van der Waals surface area contributed by atoms with Gasteiger partial charge in [0.15, 0.2) is 0 Å². The molecule has 106 valence electrons. The van der Waals surface area contributed by atoms with E-state index in [1.807, 2.05) is 0 Å². The lowest BCUT2D eigenvalue weighted by Gasteiger charge is -2.39. The molecule has 1 amide bonds. The number of halogens is 2. The number of hydrogen-bond donors (Lipinski definition) is 0. The van der Waals surface area contributed by atoms with Crippen molar-refractivity contribution in [3.05, 3.63) is 34.6 Å². The molecule has 0 unspecified atom stereocenters. The quantitative estimate of drug-likeness (QED) is 0.833. The third-order valence-electron chi connectivity index (χ3n) is 3.99. The van der Waals surface area contributed by atoms with E-state index in [0.717, 1.165) is 19.3 Å². The zero-order valence-electron chi connectivity index (χ0n) is 11.3. The van der Waals surface area contributed by atoms with Crippen LogP contribution in [0, 0.1) is 17.1 Å². The van der Waals surface area contributed by atoms with Crippen molar-refractivity contribution in [1.82, 2.24) is 4.90 Å². The molecule has 0 aromatic heterocycles. The predicted octanol–water partition coefficient (Wildman–Crippen LogP) is 3.78. The van der Waals surface area contributed by atoms with E-state index < -0.39 is 17.3 Å². The van der Waals surface area contributed by atoms with Crippen LogP contribution in [0.1, 0.15) is 42.5 Å². The van der Waals surface area contributed by atoms with E-state index in [0.29, 0.717) is 17.9 Å². The standard InChI is InChI=1S/C15H16ClFN2O/c1-19(15(10-18)7-3-2-4-8-15)14(20)12-9-11(16)5-6-13(12)17/h5-6,9H,2-4,7-8H2,1H3. The maximum absolute atomic E-state index is 13.8. The highest BCUT2D eigenvalue weighted by molar-refractivity contribution is 6.31. The van der Waals surface area contributed by atoms with Crippen LogP contribution < -0.4 is 0 Å². The van der Waals surface area contributed by atoms with Crippen molar-refractivity contribution in [2.24, 2.45) is 0 Å². The molecule has 0 saturated heterocycles. The number of hydrogen-bond acceptors (Lipinski definition) is 2. The molecule has 0 radical (unpaired) electrons. The third kappa shape index (κ3) is 2.64. The first-order valence-corrected chi connectivity index (χ1v) is 7.02. The molecule has 3 nitrogen and oxygen atoms in total. The van der Waals surface area contributed by atoms with Gasteiger partial charge in [0.2, 0.25) is 0 Å². The summed E-state index contributed by atoms with van der Waals surface area (Å²) in [5, 5.41) is 9.77. The van der Waals surface area contributed by atoms with Gasteiger partial charge in [-0.1, -0.05) is 30.9 Å². The van der Waals surface area contributed by atoms with Gasteiger partial charge >= 0.3 is 0 Å². The van der Waals surface area contributed by atoms with E-state index in [1.54, 1.807) is 7.05 Å². The molecule has 2 rings (SSSR count). The number of carbonyl (C=O) groups is 1. The Morgan fingerprint density at radius 2 is 2.05 bits per heavy atom. The molecule has 0 atom stereocenters. The minimum absolute atomic E-state index is 0.0831. The SMILES string of the molecule is CN(C(=O)c1cc(Cl)ccc1F)C1(C#N)CCCCC1. The van der Waals surface area contributed by atoms with Crippen LogP contribution in [-0.2, 0) is 0 Å². The second-order valence-corrected chi connectivity index (χ2v) is 5.63. The van der Waals surface area contributed by atoms with Crippen molar-refractivity contribution in [3.63, 3.8) is 0 Å². The van der Waals surface area contributed by atoms with Crippen LogP contribution in [0.2, 0.25) is 5.02 Å². The van der Waals surface area contributed by atoms with Crippen LogP contribution in [0.4, 0.5) is 4.39 Å². The van der Waals surface area contributed by atoms with Gasteiger partial charge in [-0.25, -0.2) is 4.39 Å². The summed E-state index contributed by atoms with van der Waals surface area (Å²) in [4.78, 5) is 13.8. The number of nitrogens with zero attached hydrogens (tertiary/aromatic N) is 2. The van der Waals surface area contributed by atoms with Crippen LogP contribution in [0.25, 0.3) is 0 Å². The van der Waals surface area contributed by atoms with E-state index in [2.05, 4.69) is 6.07 Å². The smallest absolute Gasteiger partial charge is 0.257 e. The summed E-state index contributed by atoms with van der Waals surface area (Å²) in [6.07, 6.45) is 4.14. The first-order valence-electron chi connectivity index (χ1n) is 6.65. The molecule has 0 spiro atoms. The highest BCUT2D eigenvalue weighted by Gasteiger charge is 2.39. The van der Waals surface area contributed by atoms with E-state index >= 15 is 0 Å². The molecule has 0 aliphatic heterocycles. The van der Waals surface area contributed by atoms with Crippen molar-refractivity contribution >= 4 is 17.5 Å². The Bertz CT molecular complexity index is 561. The predicted molar refractivity (Wildman–Crippen MR) is 74.9 cm³/mol. The number of rotatable bonds is 2. The van der Waals surface area contributed by atoms with Crippen LogP contribution in [-0.4, -0.2) is 23.4 Å². The van der Waals surface area contributed by atoms with Gasteiger partial charge in [0.05, 0.1) is 11.6 Å². The van der Waals surface area contributed by atoms with E-state index in [-0.39, 0.29) is 5.56 Å². The number of benzene rings is 1. The number of carbonyl (C=O) groups excluding carboxylic acids is 1. The van der Waals surface area contributed by atoms with Gasteiger partial charge in [-0.2, -0.15) is 5.26 Å². The topological polar surface area (TPSA) is 44.1 Å². The van der Waals surface area contributed by atoms with Gasteiger partial charge in [0.25, 0.3) is 5.91 Å². The summed E-state index contributed by atoms with van der Waals surface area (Å²) in [7, 11) is 1.57. The highest BCUT2D eigenvalue weighted by atomic mass is 35.5. The highest BCUT2D eigenvalue weighted by Crippen LogP contribution is 2.33. The molecule has 1 saturated carbocycles. The lowest BCUT2D eigenvalue weighted by Crippen LogP contribution is -2.50. The van der Waals surface area contributed by atoms with Crippen molar-refractivity contribution in [1.29, 1.82) is 5.26 Å². The Labute approximate surface area is 122 Å². The van der Waals surface area contributed by atoms with Crippen LogP contribution in [0.15, 0.2) is 18.2 Å². The van der Waals surface area contributed by atoms with Gasteiger partial charge in [-0.05, 0) is 31.0 Å². The maximum atomic E-state index is 13.8. The third-order valence-corrected chi connectivity index (χ3v) is 4.23. The average Bonchev–Trinajstić information content (AvgIpc) is 2.49. The summed E-state index contributed by atoms with van der Waals surface area (Å²) in [6.45, 7) is 0. The van der Waals surface area contributed by atoms with Gasteiger partial charge in [-0.15, -0.1) is 0 Å². The van der Waals surface area contributed by atoms with E-state index in [4.69, 9.17) is 11.6 Å². The van der Waals surface area contributed by atoms with Crippen molar-refractivity contribution < 1.29 is 9.18 Å². The Hall–Kier alpha value is -1.60. The lowest BCUT2D eigenvalue weighted by molar-refractivity contribution is 0.0584. The van der Waals surface area contributed by atoms with Crippen LogP contribution in [0.5, 0.6) is 0 Å². The summed E-state index contributed by atoms with van der Waals surface area (Å²) < 4.78 is 13.8. The maximum Gasteiger partial charge on any atom is 0.257 e. The Morgan fingerprint density at radius 3 is 2.65 bits per heavy atom. The molecule has 1 aromatic carbocycles. The van der Waals surface area contributed by atoms with E-state index in [9.17, 15) is 14.4 Å². The molecule has 0 heterocycles. The average molecular weight is 295 g/mol. The zero-order valence-corrected chi connectivity index (χ0v) is 12.1. The first-order chi connectivity index (χ1) is 9.50. The minimum atomic E-state index is -0.829. The van der Waals surface area contributed by atoms with Gasteiger partial charge < -0.3 is 4.90 Å². The molecule has 0 bridgehead atoms. The van der Waals surface area contributed by atoms with E-state index in [1.165, 1.54) is 23.1 Å². The van der Waals surface area contributed by atoms with Crippen LogP contribution in [0.3, 0.4) is 0 Å². The Balaban J connectivity index is 2.32. The van der Waals surface area contributed by atoms with Crippen molar-refractivity contribution in [2.75, 3.05) is 7.05 Å². The monoisotopic (exact) mass is 294 g/mol. The number of nitriles is 1. The fourth-order valence-corrected chi connectivity index (χ4v) is 2.87. The largest absolute Gasteiger partial charge is 0.323 e. The van der Waals surface area contributed by atoms with Crippen molar-refractivity contribution in [2.45, 2.75) is 37.6 Å². The fourth-order valence-electron chi connectivity index (χ4n) is 2.70. The summed E-state index contributed by atoms with van der Waals surface area (Å²) >= 11 is 5.82. The molecular weight excluding hydrogens is 279 g/mol. The first kappa shape index (κ1) is 14.8. The zero-order chi connectivity index (χ0) is 14.8. The minimum Gasteiger partial charge on any atom is -0.323 e. The second kappa shape index (κ2) is 5.80. The normalized spacial score (nSPS) is 17.3. The fraction of sp³-hybridized carbons (Fsp3) is 0.467. The van der Waals surface area contributed by atoms with Crippen LogP contribution >= 0.6 is 11.6 Å². The molecule has 5 heteroatoms. The molecule has 1 fully saturated rings. The van der Waals surface area contributed by atoms with Crippen molar-refractivity contribution in [3.8, 4) is 6.07 Å². The lowest BCUT2D eigenvalue weighted by atomic mass is 9.81. The van der Waals surface area contributed by atoms with Gasteiger partial charge in [0, 0.05) is 12.1 Å². The number of amides is 1. The van der Waals surface area contributed by atoms with Gasteiger partial charge in [0.1, 0.15) is 11.4 Å². The summed E-state index contributed by atoms with van der Waals surface area (Å²) in [5.74, 6) is -1.11. The molecule has 0 N–H and O–H groups in total. The molecule has 1 aliphatic rings. The van der Waals surface area contributed by atoms with Gasteiger partial charge in [-0.3, -0.25) is 4.79 Å². The molecule has 1 aromatic rings. The summed E-state index contributed by atoms with van der Waals surface area (Å²) in [6, 6.07) is 6.13. The summed E-state index contributed by atoms with van der Waals surface area (Å²) in [5.41, 5.74) is -0.912. The second-order valence-electron chi connectivity index (χ2n) is 5.19.